The van der Waals surface area contributed by atoms with E-state index in [-0.39, 0.29) is 5.91 Å². The van der Waals surface area contributed by atoms with E-state index in [1.807, 2.05) is 41.5 Å². The molecule has 0 saturated carbocycles. The fourth-order valence-corrected chi connectivity index (χ4v) is 4.15. The quantitative estimate of drug-likeness (QED) is 0.843. The number of carbonyl (C=O) groups excluding carboxylic acids is 1. The highest BCUT2D eigenvalue weighted by Crippen LogP contribution is 2.27. The van der Waals surface area contributed by atoms with Crippen molar-refractivity contribution in [1.82, 2.24) is 4.90 Å². The molecule has 5 heteroatoms. The summed E-state index contributed by atoms with van der Waals surface area (Å²) in [7, 11) is 1.69. The predicted octanol–water partition coefficient (Wildman–Crippen LogP) is 4.69. The molecule has 2 aromatic rings. The molecule has 0 bridgehead atoms. The number of hydrogen-bond acceptors (Lipinski definition) is 4. The second kappa shape index (κ2) is 7.91. The number of piperidine rings is 1. The van der Waals surface area contributed by atoms with Gasteiger partial charge in [0.15, 0.2) is 0 Å². The van der Waals surface area contributed by atoms with Gasteiger partial charge >= 0.3 is 0 Å². The van der Waals surface area contributed by atoms with Gasteiger partial charge in [-0.25, -0.2) is 0 Å². The molecule has 134 valence electrons. The summed E-state index contributed by atoms with van der Waals surface area (Å²) in [5, 5.41) is 5.48. The zero-order valence-electron chi connectivity index (χ0n) is 15.2. The van der Waals surface area contributed by atoms with Crippen LogP contribution in [-0.4, -0.2) is 30.5 Å². The van der Waals surface area contributed by atoms with Crippen molar-refractivity contribution in [3.05, 3.63) is 45.6 Å². The van der Waals surface area contributed by atoms with Gasteiger partial charge in [-0.3, -0.25) is 4.79 Å². The van der Waals surface area contributed by atoms with Gasteiger partial charge in [0.25, 0.3) is 5.91 Å². The number of benzene rings is 1. The van der Waals surface area contributed by atoms with Crippen molar-refractivity contribution in [3.63, 3.8) is 0 Å². The molecule has 0 radical (unpaired) electrons. The van der Waals surface area contributed by atoms with Crippen LogP contribution in [0.5, 0.6) is 5.75 Å². The fraction of sp³-hybridized carbons (Fsp3) is 0.450. The molecule has 3 rings (SSSR count). The van der Waals surface area contributed by atoms with Gasteiger partial charge in [0, 0.05) is 23.8 Å². The van der Waals surface area contributed by atoms with Gasteiger partial charge in [-0.15, -0.1) is 11.3 Å². The van der Waals surface area contributed by atoms with Gasteiger partial charge in [-0.1, -0.05) is 0 Å². The van der Waals surface area contributed by atoms with E-state index in [1.54, 1.807) is 18.4 Å². The lowest BCUT2D eigenvalue weighted by molar-refractivity contribution is 0.0635. The van der Waals surface area contributed by atoms with Gasteiger partial charge < -0.3 is 15.0 Å². The molecule has 0 unspecified atom stereocenters. The van der Waals surface area contributed by atoms with E-state index in [0.29, 0.717) is 6.04 Å². The third-order valence-corrected chi connectivity index (χ3v) is 5.80. The van der Waals surface area contributed by atoms with E-state index in [1.165, 1.54) is 11.3 Å². The Labute approximate surface area is 153 Å². The predicted molar refractivity (Wildman–Crippen MR) is 104 cm³/mol. The molecule has 1 aliphatic rings. The van der Waals surface area contributed by atoms with E-state index in [2.05, 4.69) is 12.2 Å². The van der Waals surface area contributed by atoms with Gasteiger partial charge in [0.1, 0.15) is 5.75 Å². The summed E-state index contributed by atoms with van der Waals surface area (Å²) < 4.78 is 5.35. The molecule has 1 N–H and O–H groups in total. The topological polar surface area (TPSA) is 41.6 Å². The molecule has 0 aliphatic carbocycles. The van der Waals surface area contributed by atoms with Crippen LogP contribution in [0.2, 0.25) is 0 Å². The Kier molecular flexibility index (Phi) is 5.63. The maximum absolute atomic E-state index is 12.8. The van der Waals surface area contributed by atoms with Crippen LogP contribution in [-0.2, 0) is 6.54 Å². The first-order valence-corrected chi connectivity index (χ1v) is 9.74. The summed E-state index contributed by atoms with van der Waals surface area (Å²) in [6.45, 7) is 5.79. The number of anilines is 1. The second-order valence-electron chi connectivity index (χ2n) is 6.64. The van der Waals surface area contributed by atoms with E-state index in [0.717, 1.165) is 48.5 Å². The number of nitrogens with one attached hydrogen (secondary N) is 1. The first-order chi connectivity index (χ1) is 12.1. The van der Waals surface area contributed by atoms with Crippen molar-refractivity contribution in [1.29, 1.82) is 0 Å². The van der Waals surface area contributed by atoms with Crippen LogP contribution in [0.1, 0.15) is 47.0 Å². The summed E-state index contributed by atoms with van der Waals surface area (Å²) in [5.41, 5.74) is 2.93. The summed E-state index contributed by atoms with van der Waals surface area (Å²) in [5.74, 6) is 1.07. The molecule has 1 fully saturated rings. The highest BCUT2D eigenvalue weighted by atomic mass is 32.1. The van der Waals surface area contributed by atoms with Gasteiger partial charge in [-0.2, -0.15) is 0 Å². The Balaban J connectivity index is 1.69. The molecule has 25 heavy (non-hydrogen) atoms. The minimum absolute atomic E-state index is 0.154. The third kappa shape index (κ3) is 3.98. The molecule has 2 heterocycles. The number of nitrogens with zero attached hydrogens (tertiary/aromatic N) is 1. The zero-order valence-corrected chi connectivity index (χ0v) is 16.0. The Morgan fingerprint density at radius 1 is 1.36 bits per heavy atom. The lowest BCUT2D eigenvalue weighted by atomic mass is 10.0. The van der Waals surface area contributed by atoms with Crippen molar-refractivity contribution in [2.75, 3.05) is 19.0 Å². The first-order valence-electron chi connectivity index (χ1n) is 8.86. The van der Waals surface area contributed by atoms with Crippen LogP contribution < -0.4 is 10.1 Å². The highest BCUT2D eigenvalue weighted by molar-refractivity contribution is 7.10. The lowest BCUT2D eigenvalue weighted by Gasteiger charge is -2.33. The number of aryl methyl sites for hydroxylation is 1. The van der Waals surface area contributed by atoms with Crippen molar-refractivity contribution in [2.24, 2.45) is 0 Å². The van der Waals surface area contributed by atoms with Gasteiger partial charge in [0.05, 0.1) is 18.5 Å². The Hall–Kier alpha value is -2.01. The van der Waals surface area contributed by atoms with Gasteiger partial charge in [0.2, 0.25) is 0 Å². The summed E-state index contributed by atoms with van der Waals surface area (Å²) in [6, 6.07) is 8.26. The molecule has 1 aromatic heterocycles. The number of hydrogen-bond donors (Lipinski definition) is 1. The molecule has 1 atom stereocenters. The molecule has 1 amide bonds. The number of likely N-dealkylation sites (tertiary alicyclic amines) is 1. The van der Waals surface area contributed by atoms with E-state index in [9.17, 15) is 4.79 Å². The summed E-state index contributed by atoms with van der Waals surface area (Å²) in [4.78, 5) is 16.0. The van der Waals surface area contributed by atoms with Crippen LogP contribution in [0, 0.1) is 6.92 Å². The van der Waals surface area contributed by atoms with Crippen molar-refractivity contribution >= 4 is 22.9 Å². The number of rotatable bonds is 5. The maximum atomic E-state index is 12.8. The molecular weight excluding hydrogens is 332 g/mol. The maximum Gasteiger partial charge on any atom is 0.254 e. The fourth-order valence-electron chi connectivity index (χ4n) is 3.38. The lowest BCUT2D eigenvalue weighted by Crippen LogP contribution is -2.42. The number of thiophene rings is 1. The van der Waals surface area contributed by atoms with E-state index in [4.69, 9.17) is 4.74 Å². The standard InChI is InChI=1S/C20H26N2O2S/c1-14-12-16(20(23)22-10-5-4-6-15(22)2)7-8-17(14)21-13-19-18(24-3)9-11-25-19/h7-9,11-12,15,21H,4-6,10,13H2,1-3H3/t15-/m0/s1. The third-order valence-electron chi connectivity index (χ3n) is 4.90. The smallest absolute Gasteiger partial charge is 0.254 e. The molecule has 4 nitrogen and oxygen atoms in total. The normalized spacial score (nSPS) is 17.4. The van der Waals surface area contributed by atoms with Crippen LogP contribution >= 0.6 is 11.3 Å². The second-order valence-corrected chi connectivity index (χ2v) is 7.64. The van der Waals surface area contributed by atoms with Crippen molar-refractivity contribution < 1.29 is 9.53 Å². The molecule has 1 aromatic carbocycles. The highest BCUT2D eigenvalue weighted by Gasteiger charge is 2.24. The molecule has 1 aliphatic heterocycles. The van der Waals surface area contributed by atoms with Crippen molar-refractivity contribution in [3.8, 4) is 5.75 Å². The Bertz CT molecular complexity index is 741. The number of carbonyl (C=O) groups is 1. The van der Waals surface area contributed by atoms with Crippen LogP contribution in [0.3, 0.4) is 0 Å². The van der Waals surface area contributed by atoms with E-state index >= 15 is 0 Å². The summed E-state index contributed by atoms with van der Waals surface area (Å²) >= 11 is 1.68. The first kappa shape index (κ1) is 17.8. The van der Waals surface area contributed by atoms with E-state index < -0.39 is 0 Å². The minimum Gasteiger partial charge on any atom is -0.496 e. The summed E-state index contributed by atoms with van der Waals surface area (Å²) in [6.07, 6.45) is 3.43. The van der Waals surface area contributed by atoms with Crippen LogP contribution in [0.15, 0.2) is 29.6 Å². The minimum atomic E-state index is 0.154. The van der Waals surface area contributed by atoms with Crippen LogP contribution in [0.4, 0.5) is 5.69 Å². The Morgan fingerprint density at radius 2 is 2.20 bits per heavy atom. The largest absolute Gasteiger partial charge is 0.496 e. The molecule has 1 saturated heterocycles. The number of amides is 1. The Morgan fingerprint density at radius 3 is 2.92 bits per heavy atom. The monoisotopic (exact) mass is 358 g/mol. The van der Waals surface area contributed by atoms with Gasteiger partial charge in [-0.05, 0) is 68.3 Å². The van der Waals surface area contributed by atoms with Crippen LogP contribution in [0.25, 0.3) is 0 Å². The number of methoxy groups -OCH3 is 1. The average molecular weight is 359 g/mol. The van der Waals surface area contributed by atoms with Crippen molar-refractivity contribution in [2.45, 2.75) is 45.7 Å². The molecule has 0 spiro atoms. The zero-order chi connectivity index (χ0) is 17.8. The number of ether oxygens (including phenoxy) is 1. The SMILES string of the molecule is COc1ccsc1CNc1ccc(C(=O)N2CCCC[C@@H]2C)cc1C. The average Bonchev–Trinajstić information content (AvgIpc) is 3.08. The molecular formula is C20H26N2O2S.